The van der Waals surface area contributed by atoms with Crippen LogP contribution in [-0.4, -0.2) is 38.5 Å². The Morgan fingerprint density at radius 2 is 2.05 bits per heavy atom. The summed E-state index contributed by atoms with van der Waals surface area (Å²) >= 11 is 0. The maximum absolute atomic E-state index is 11.5. The number of carbonyl (C=O) groups excluding carboxylic acids is 1. The molecule has 1 aliphatic rings. The number of anilines is 1. The van der Waals surface area contributed by atoms with E-state index in [4.69, 9.17) is 0 Å². The molecule has 20 heavy (non-hydrogen) atoms. The molecule has 1 aliphatic heterocycles. The Morgan fingerprint density at radius 1 is 1.35 bits per heavy atom. The first-order chi connectivity index (χ1) is 9.29. The Bertz CT molecular complexity index is 668. The number of Topliss-reactive ketones (excluding diaryl/α,β-unsaturated/α-hetero) is 1. The van der Waals surface area contributed by atoms with Gasteiger partial charge in [0.2, 0.25) is 0 Å². The van der Waals surface area contributed by atoms with Gasteiger partial charge in [0.15, 0.2) is 15.6 Å². The lowest BCUT2D eigenvalue weighted by molar-refractivity contribution is -0.384. The van der Waals surface area contributed by atoms with Gasteiger partial charge < -0.3 is 4.90 Å². The molecule has 0 unspecified atom stereocenters. The molecule has 1 fully saturated rings. The molecule has 2 rings (SSSR count). The zero-order chi connectivity index (χ0) is 14.9. The van der Waals surface area contributed by atoms with Gasteiger partial charge in [-0.3, -0.25) is 14.9 Å². The first-order valence-corrected chi connectivity index (χ1v) is 7.93. The molecule has 0 radical (unpaired) electrons. The summed E-state index contributed by atoms with van der Waals surface area (Å²) in [6.07, 6.45) is 2.12. The fourth-order valence-electron chi connectivity index (χ4n) is 2.19. The van der Waals surface area contributed by atoms with Gasteiger partial charge in [-0.2, -0.15) is 0 Å². The van der Waals surface area contributed by atoms with Crippen LogP contribution in [0.5, 0.6) is 0 Å². The third-order valence-electron chi connectivity index (χ3n) is 3.16. The molecule has 1 aromatic rings. The van der Waals surface area contributed by atoms with Crippen molar-refractivity contribution in [2.75, 3.05) is 24.2 Å². The molecule has 108 valence electrons. The Balaban J connectivity index is 2.48. The number of nitro groups is 1. The number of ketones is 1. The lowest BCUT2D eigenvalue weighted by atomic mass is 10.1. The number of nitrogens with zero attached hydrogens (tertiary/aromatic N) is 2. The predicted octanol–water partition coefficient (Wildman–Crippen LogP) is 1.17. The van der Waals surface area contributed by atoms with Crippen molar-refractivity contribution in [2.45, 2.75) is 17.7 Å². The Hall–Kier alpha value is -1.96. The molecule has 0 spiro atoms. The molecule has 1 heterocycles. The molecule has 0 N–H and O–H groups in total. The van der Waals surface area contributed by atoms with Gasteiger partial charge in [0.1, 0.15) is 5.69 Å². The largest absolute Gasteiger partial charge is 0.359 e. The van der Waals surface area contributed by atoms with Crippen molar-refractivity contribution in [1.29, 1.82) is 0 Å². The van der Waals surface area contributed by atoms with Crippen molar-refractivity contribution in [1.82, 2.24) is 0 Å². The molecule has 0 aromatic heterocycles. The van der Waals surface area contributed by atoms with Crippen molar-refractivity contribution < 1.29 is 18.1 Å². The van der Waals surface area contributed by atoms with Gasteiger partial charge >= 0.3 is 0 Å². The highest BCUT2D eigenvalue weighted by Crippen LogP contribution is 2.32. The second kappa shape index (κ2) is 5.20. The highest BCUT2D eigenvalue weighted by molar-refractivity contribution is 7.90. The second-order valence-corrected chi connectivity index (χ2v) is 6.76. The fourth-order valence-corrected chi connectivity index (χ4v) is 2.83. The van der Waals surface area contributed by atoms with E-state index < -0.39 is 14.8 Å². The number of carbonyl (C=O) groups is 1. The van der Waals surface area contributed by atoms with E-state index in [0.717, 1.165) is 12.3 Å². The second-order valence-electron chi connectivity index (χ2n) is 4.74. The Labute approximate surface area is 116 Å². The number of rotatable bonds is 3. The van der Waals surface area contributed by atoms with E-state index in [2.05, 4.69) is 0 Å². The van der Waals surface area contributed by atoms with Crippen molar-refractivity contribution >= 4 is 27.0 Å². The van der Waals surface area contributed by atoms with Crippen LogP contribution in [0, 0.1) is 10.1 Å². The van der Waals surface area contributed by atoms with E-state index in [9.17, 15) is 23.3 Å². The summed E-state index contributed by atoms with van der Waals surface area (Å²) in [5, 5.41) is 11.1. The molecule has 7 nitrogen and oxygen atoms in total. The molecular weight excluding hydrogens is 284 g/mol. The predicted molar refractivity (Wildman–Crippen MR) is 72.7 cm³/mol. The van der Waals surface area contributed by atoms with Gasteiger partial charge in [0.05, 0.1) is 16.4 Å². The zero-order valence-electron chi connectivity index (χ0n) is 10.9. The minimum atomic E-state index is -3.51. The maximum Gasteiger partial charge on any atom is 0.293 e. The number of hydrogen-bond donors (Lipinski definition) is 0. The molecule has 0 atom stereocenters. The summed E-state index contributed by atoms with van der Waals surface area (Å²) in [6.45, 7) is 0.670. The van der Waals surface area contributed by atoms with Gasteiger partial charge in [0, 0.05) is 25.3 Å². The monoisotopic (exact) mass is 298 g/mol. The summed E-state index contributed by atoms with van der Waals surface area (Å²) in [4.78, 5) is 23.5. The molecular formula is C12H14N2O5S. The highest BCUT2D eigenvalue weighted by Gasteiger charge is 2.25. The third-order valence-corrected chi connectivity index (χ3v) is 4.27. The van der Waals surface area contributed by atoms with Crippen molar-refractivity contribution in [3.05, 3.63) is 28.3 Å². The molecule has 0 amide bonds. The first-order valence-electron chi connectivity index (χ1n) is 6.04. The van der Waals surface area contributed by atoms with Crippen molar-refractivity contribution in [3.63, 3.8) is 0 Å². The van der Waals surface area contributed by atoms with Crippen LogP contribution >= 0.6 is 0 Å². The summed E-state index contributed by atoms with van der Waals surface area (Å²) in [7, 11) is -3.51. The van der Waals surface area contributed by atoms with E-state index in [0.29, 0.717) is 19.4 Å². The standard InChI is InChI=1S/C12H14N2O5S/c1-20(18,19)10-4-5-11(12(7-10)14(16)17)13-6-2-3-9(15)8-13/h4-5,7H,2-3,6,8H2,1H3. The minimum Gasteiger partial charge on any atom is -0.359 e. The average molecular weight is 298 g/mol. The van der Waals surface area contributed by atoms with Crippen LogP contribution in [0.15, 0.2) is 23.1 Å². The minimum absolute atomic E-state index is 0.0257. The van der Waals surface area contributed by atoms with Crippen molar-refractivity contribution in [3.8, 4) is 0 Å². The smallest absolute Gasteiger partial charge is 0.293 e. The van der Waals surface area contributed by atoms with Gasteiger partial charge in [0.25, 0.3) is 5.69 Å². The number of hydrogen-bond acceptors (Lipinski definition) is 6. The van der Waals surface area contributed by atoms with Crippen LogP contribution in [0.4, 0.5) is 11.4 Å². The number of piperidine rings is 1. The molecule has 0 bridgehead atoms. The van der Waals surface area contributed by atoms with E-state index >= 15 is 0 Å². The fraction of sp³-hybridized carbons (Fsp3) is 0.417. The average Bonchev–Trinajstić information content (AvgIpc) is 2.37. The van der Waals surface area contributed by atoms with Gasteiger partial charge in [-0.1, -0.05) is 0 Å². The Kier molecular flexibility index (Phi) is 3.76. The number of nitro benzene ring substituents is 1. The molecule has 0 aliphatic carbocycles. The number of benzene rings is 1. The molecule has 1 saturated heterocycles. The number of sulfone groups is 1. The highest BCUT2D eigenvalue weighted by atomic mass is 32.2. The van der Waals surface area contributed by atoms with Gasteiger partial charge in [-0.15, -0.1) is 0 Å². The Morgan fingerprint density at radius 3 is 2.60 bits per heavy atom. The molecule has 1 aromatic carbocycles. The summed E-state index contributed by atoms with van der Waals surface area (Å²) in [5.41, 5.74) is -0.00178. The van der Waals surface area contributed by atoms with Crippen LogP contribution in [0.1, 0.15) is 12.8 Å². The topological polar surface area (TPSA) is 97.6 Å². The third kappa shape index (κ3) is 2.96. The molecule has 8 heteroatoms. The van der Waals surface area contributed by atoms with Crippen LogP contribution in [0.2, 0.25) is 0 Å². The van der Waals surface area contributed by atoms with Gasteiger partial charge in [-0.05, 0) is 18.6 Å². The van der Waals surface area contributed by atoms with Crippen molar-refractivity contribution in [2.24, 2.45) is 0 Å². The first kappa shape index (κ1) is 14.4. The normalized spacial score (nSPS) is 16.2. The lowest BCUT2D eigenvalue weighted by Gasteiger charge is -2.27. The van der Waals surface area contributed by atoms with Crippen LogP contribution in [-0.2, 0) is 14.6 Å². The SMILES string of the molecule is CS(=O)(=O)c1ccc(N2CCCC(=O)C2)c([N+](=O)[O-])c1. The maximum atomic E-state index is 11.5. The summed E-state index contributed by atoms with van der Waals surface area (Å²) in [5.74, 6) is 0.0257. The summed E-state index contributed by atoms with van der Waals surface area (Å²) < 4.78 is 22.9. The zero-order valence-corrected chi connectivity index (χ0v) is 11.7. The van der Waals surface area contributed by atoms with Crippen LogP contribution in [0.3, 0.4) is 0 Å². The van der Waals surface area contributed by atoms with Gasteiger partial charge in [-0.25, -0.2) is 8.42 Å². The lowest BCUT2D eigenvalue weighted by Crippen LogP contribution is -2.35. The molecule has 0 saturated carbocycles. The van der Waals surface area contributed by atoms with E-state index in [1.165, 1.54) is 12.1 Å². The van der Waals surface area contributed by atoms with E-state index in [1.54, 1.807) is 4.90 Å². The van der Waals surface area contributed by atoms with Crippen LogP contribution < -0.4 is 4.90 Å². The quantitative estimate of drug-likeness (QED) is 0.613. The van der Waals surface area contributed by atoms with E-state index in [1.807, 2.05) is 0 Å². The van der Waals surface area contributed by atoms with E-state index in [-0.39, 0.29) is 28.6 Å². The van der Waals surface area contributed by atoms with Crippen LogP contribution in [0.25, 0.3) is 0 Å². The summed E-state index contributed by atoms with van der Waals surface area (Å²) in [6, 6.07) is 3.77.